The number of unbranched alkanes of at least 4 members (excludes halogenated alkanes) is 1. The molecule has 0 saturated heterocycles. The minimum absolute atomic E-state index is 0.404. The molecule has 0 aliphatic rings. The average molecular weight is 177 g/mol. The van der Waals surface area contributed by atoms with E-state index in [1.807, 2.05) is 13.8 Å². The highest BCUT2D eigenvalue weighted by atomic mass is 16.5. The van der Waals surface area contributed by atoms with Crippen molar-refractivity contribution in [1.82, 2.24) is 0 Å². The van der Waals surface area contributed by atoms with Gasteiger partial charge in [-0.3, -0.25) is 0 Å². The van der Waals surface area contributed by atoms with Crippen LogP contribution in [-0.4, -0.2) is 19.8 Å². The van der Waals surface area contributed by atoms with E-state index in [9.17, 15) is 0 Å². The molecular weight excluding hydrogens is 150 g/mol. The highest BCUT2D eigenvalue weighted by Gasteiger charge is 1.89. The van der Waals surface area contributed by atoms with Crippen LogP contribution in [0, 0.1) is 0 Å². The van der Waals surface area contributed by atoms with E-state index < -0.39 is 0 Å². The molecule has 0 aromatic carbocycles. The SMILES string of the molecule is CC.CCCCOC(C)C.CN. The summed E-state index contributed by atoms with van der Waals surface area (Å²) in [6.45, 7) is 11.2. The summed E-state index contributed by atoms with van der Waals surface area (Å²) in [7, 11) is 1.50. The molecule has 0 fully saturated rings. The Labute approximate surface area is 78.5 Å². The van der Waals surface area contributed by atoms with E-state index >= 15 is 0 Å². The first-order chi connectivity index (χ1) is 5.77. The summed E-state index contributed by atoms with van der Waals surface area (Å²) in [6, 6.07) is 0. The van der Waals surface area contributed by atoms with Gasteiger partial charge in [0, 0.05) is 6.61 Å². The Morgan fingerprint density at radius 1 is 1.17 bits per heavy atom. The first kappa shape index (κ1) is 17.9. The lowest BCUT2D eigenvalue weighted by molar-refractivity contribution is 0.0767. The molecule has 0 aromatic heterocycles. The monoisotopic (exact) mass is 177 g/mol. The van der Waals surface area contributed by atoms with E-state index in [4.69, 9.17) is 4.74 Å². The van der Waals surface area contributed by atoms with Crippen molar-refractivity contribution in [2.75, 3.05) is 13.7 Å². The molecule has 0 heterocycles. The van der Waals surface area contributed by atoms with Crippen LogP contribution >= 0.6 is 0 Å². The van der Waals surface area contributed by atoms with Crippen LogP contribution in [0.4, 0.5) is 0 Å². The van der Waals surface area contributed by atoms with Gasteiger partial charge in [-0.15, -0.1) is 0 Å². The molecule has 0 aliphatic heterocycles. The van der Waals surface area contributed by atoms with Crippen molar-refractivity contribution in [3.8, 4) is 0 Å². The zero-order valence-electron chi connectivity index (χ0n) is 9.68. The maximum Gasteiger partial charge on any atom is 0.0518 e. The van der Waals surface area contributed by atoms with Crippen LogP contribution in [0.1, 0.15) is 47.5 Å². The van der Waals surface area contributed by atoms with Crippen molar-refractivity contribution in [1.29, 1.82) is 0 Å². The second-order valence-corrected chi connectivity index (χ2v) is 2.27. The van der Waals surface area contributed by atoms with Crippen molar-refractivity contribution in [2.45, 2.75) is 53.6 Å². The van der Waals surface area contributed by atoms with E-state index in [-0.39, 0.29) is 0 Å². The molecule has 0 bridgehead atoms. The molecule has 2 heteroatoms. The molecule has 0 aliphatic carbocycles. The van der Waals surface area contributed by atoms with Crippen molar-refractivity contribution in [3.05, 3.63) is 0 Å². The predicted octanol–water partition coefficient (Wildman–Crippen LogP) is 2.81. The van der Waals surface area contributed by atoms with Crippen LogP contribution in [-0.2, 0) is 4.74 Å². The van der Waals surface area contributed by atoms with Crippen LogP contribution in [0.25, 0.3) is 0 Å². The Morgan fingerprint density at radius 2 is 1.58 bits per heavy atom. The van der Waals surface area contributed by atoms with Crippen LogP contribution in [0.2, 0.25) is 0 Å². The molecule has 0 aromatic rings. The zero-order valence-corrected chi connectivity index (χ0v) is 9.68. The Bertz CT molecular complexity index is 47.1. The highest BCUT2D eigenvalue weighted by Crippen LogP contribution is 1.91. The smallest absolute Gasteiger partial charge is 0.0518 e. The van der Waals surface area contributed by atoms with E-state index in [0.29, 0.717) is 6.10 Å². The molecule has 0 amide bonds. The molecule has 0 rings (SSSR count). The fourth-order valence-electron chi connectivity index (χ4n) is 0.463. The molecule has 12 heavy (non-hydrogen) atoms. The van der Waals surface area contributed by atoms with Gasteiger partial charge in [0.2, 0.25) is 0 Å². The first-order valence-electron chi connectivity index (χ1n) is 4.96. The van der Waals surface area contributed by atoms with Crippen molar-refractivity contribution < 1.29 is 4.74 Å². The van der Waals surface area contributed by atoms with E-state index in [1.165, 1.54) is 19.9 Å². The molecule has 0 unspecified atom stereocenters. The second kappa shape index (κ2) is 22.4. The van der Waals surface area contributed by atoms with Gasteiger partial charge >= 0.3 is 0 Å². The maximum absolute atomic E-state index is 5.28. The first-order valence-corrected chi connectivity index (χ1v) is 4.96. The third kappa shape index (κ3) is 32.6. The van der Waals surface area contributed by atoms with Crippen LogP contribution in [0.3, 0.4) is 0 Å². The van der Waals surface area contributed by atoms with Crippen molar-refractivity contribution >= 4 is 0 Å². The fourth-order valence-corrected chi connectivity index (χ4v) is 0.463. The zero-order chi connectivity index (χ0) is 10.4. The molecule has 2 N–H and O–H groups in total. The third-order valence-corrected chi connectivity index (χ3v) is 0.949. The molecule has 0 saturated carbocycles. The van der Waals surface area contributed by atoms with Gasteiger partial charge in [0.15, 0.2) is 0 Å². The van der Waals surface area contributed by atoms with Gasteiger partial charge in [-0.1, -0.05) is 27.2 Å². The Hall–Kier alpha value is -0.0800. The van der Waals surface area contributed by atoms with Gasteiger partial charge in [0.25, 0.3) is 0 Å². The Balaban J connectivity index is -0.000000175. The number of nitrogens with two attached hydrogens (primary N) is 1. The summed E-state index contributed by atoms with van der Waals surface area (Å²) in [5.41, 5.74) is 4.50. The van der Waals surface area contributed by atoms with Gasteiger partial charge in [0.05, 0.1) is 6.10 Å². The van der Waals surface area contributed by atoms with Gasteiger partial charge < -0.3 is 10.5 Å². The van der Waals surface area contributed by atoms with E-state index in [1.54, 1.807) is 0 Å². The highest BCUT2D eigenvalue weighted by molar-refractivity contribution is 4.36. The van der Waals surface area contributed by atoms with Crippen LogP contribution in [0.15, 0.2) is 0 Å². The number of ether oxygens (including phenoxy) is 1. The summed E-state index contributed by atoms with van der Waals surface area (Å²) in [5.74, 6) is 0. The quantitative estimate of drug-likeness (QED) is 0.670. The lowest BCUT2D eigenvalue weighted by Gasteiger charge is -2.04. The lowest BCUT2D eigenvalue weighted by atomic mass is 10.3. The van der Waals surface area contributed by atoms with Crippen molar-refractivity contribution in [2.24, 2.45) is 5.73 Å². The van der Waals surface area contributed by atoms with Crippen LogP contribution in [0.5, 0.6) is 0 Å². The number of hydrogen-bond acceptors (Lipinski definition) is 2. The second-order valence-electron chi connectivity index (χ2n) is 2.27. The molecular formula is C10H27NO. The minimum Gasteiger partial charge on any atom is -0.379 e. The largest absolute Gasteiger partial charge is 0.379 e. The Morgan fingerprint density at radius 3 is 1.83 bits per heavy atom. The molecule has 0 radical (unpaired) electrons. The maximum atomic E-state index is 5.28. The number of hydrogen-bond donors (Lipinski definition) is 1. The lowest BCUT2D eigenvalue weighted by Crippen LogP contribution is -2.02. The summed E-state index contributed by atoms with van der Waals surface area (Å²) >= 11 is 0. The van der Waals surface area contributed by atoms with Gasteiger partial charge in [0.1, 0.15) is 0 Å². The molecule has 78 valence electrons. The van der Waals surface area contributed by atoms with Crippen LogP contribution < -0.4 is 5.73 Å². The van der Waals surface area contributed by atoms with E-state index in [0.717, 1.165) is 6.61 Å². The summed E-state index contributed by atoms with van der Waals surface area (Å²) in [5, 5.41) is 0. The normalized spacial score (nSPS) is 8.00. The fraction of sp³-hybridized carbons (Fsp3) is 1.00. The van der Waals surface area contributed by atoms with E-state index in [2.05, 4.69) is 26.5 Å². The minimum atomic E-state index is 0.404. The van der Waals surface area contributed by atoms with Crippen molar-refractivity contribution in [3.63, 3.8) is 0 Å². The summed E-state index contributed by atoms with van der Waals surface area (Å²) in [6.07, 6.45) is 2.83. The number of rotatable bonds is 4. The Kier molecular flexibility index (Phi) is 33.4. The molecule has 0 atom stereocenters. The molecule has 0 spiro atoms. The standard InChI is InChI=1S/C7H16O.C2H6.CH5N/c1-4-5-6-8-7(2)3;2*1-2/h7H,4-6H2,1-3H3;1-2H3;2H2,1H3. The van der Waals surface area contributed by atoms with Gasteiger partial charge in [-0.2, -0.15) is 0 Å². The average Bonchev–Trinajstić information content (AvgIpc) is 2.12. The summed E-state index contributed by atoms with van der Waals surface area (Å²) in [4.78, 5) is 0. The van der Waals surface area contributed by atoms with Gasteiger partial charge in [-0.25, -0.2) is 0 Å². The predicted molar refractivity (Wildman–Crippen MR) is 57.5 cm³/mol. The molecule has 2 nitrogen and oxygen atoms in total. The summed E-state index contributed by atoms with van der Waals surface area (Å²) < 4.78 is 5.28. The third-order valence-electron chi connectivity index (χ3n) is 0.949. The topological polar surface area (TPSA) is 35.2 Å². The van der Waals surface area contributed by atoms with Gasteiger partial charge in [-0.05, 0) is 27.3 Å².